The number of rotatable bonds is 9. The minimum absolute atomic E-state index is 0.0589. The summed E-state index contributed by atoms with van der Waals surface area (Å²) in [4.78, 5) is 32.1. The second-order valence-electron chi connectivity index (χ2n) is 17.4. The molecule has 0 unspecified atom stereocenters. The lowest BCUT2D eigenvalue weighted by Gasteiger charge is -2.64. The Morgan fingerprint density at radius 3 is 2.33 bits per heavy atom. The molecule has 6 bridgehead atoms. The number of nitrogens with one attached hydrogen (secondary N) is 3. The lowest BCUT2D eigenvalue weighted by Crippen LogP contribution is -2.65. The van der Waals surface area contributed by atoms with E-state index < -0.39 is 13.2 Å². The highest BCUT2D eigenvalue weighted by Gasteiger charge is 2.68. The molecule has 8 heteroatoms. The van der Waals surface area contributed by atoms with Gasteiger partial charge in [0.15, 0.2) is 0 Å². The normalized spacial score (nSPS) is 38.6. The summed E-state index contributed by atoms with van der Waals surface area (Å²) < 4.78 is 13.5. The van der Waals surface area contributed by atoms with E-state index in [-0.39, 0.29) is 40.3 Å². The third-order valence-electron chi connectivity index (χ3n) is 13.6. The van der Waals surface area contributed by atoms with Gasteiger partial charge in [0.2, 0.25) is 11.8 Å². The van der Waals surface area contributed by atoms with Crippen molar-refractivity contribution in [3.63, 3.8) is 0 Å². The van der Waals surface area contributed by atoms with Gasteiger partial charge >= 0.3 is 7.12 Å². The Bertz CT molecular complexity index is 1450. The minimum atomic E-state index is -0.676. The molecule has 7 aliphatic carbocycles. The Morgan fingerprint density at radius 1 is 0.978 bits per heavy atom. The van der Waals surface area contributed by atoms with Crippen LogP contribution in [0.25, 0.3) is 10.9 Å². The molecule has 8 aliphatic rings. The Labute approximate surface area is 268 Å². The van der Waals surface area contributed by atoms with Gasteiger partial charge in [-0.1, -0.05) is 45.9 Å². The summed E-state index contributed by atoms with van der Waals surface area (Å²) in [6.07, 6.45) is 12.2. The Balaban J connectivity index is 1.05. The fraction of sp³-hybridized carbons (Fsp3) is 0.730. The fourth-order valence-electron chi connectivity index (χ4n) is 11.5. The van der Waals surface area contributed by atoms with E-state index in [1.165, 1.54) is 25.7 Å². The summed E-state index contributed by atoms with van der Waals surface area (Å²) >= 11 is 0. The molecular weight excluding hydrogens is 561 g/mol. The largest absolute Gasteiger partial charge is 0.481 e. The van der Waals surface area contributed by atoms with Crippen LogP contribution < -0.4 is 10.6 Å². The molecule has 7 nitrogen and oxygen atoms in total. The lowest BCUT2D eigenvalue weighted by atomic mass is 9.43. The first kappa shape index (κ1) is 30.0. The molecule has 45 heavy (non-hydrogen) atoms. The van der Waals surface area contributed by atoms with Crippen molar-refractivity contribution in [3.05, 3.63) is 36.0 Å². The van der Waals surface area contributed by atoms with Gasteiger partial charge in [0.1, 0.15) is 6.04 Å². The average Bonchev–Trinajstić information content (AvgIpc) is 3.55. The van der Waals surface area contributed by atoms with Gasteiger partial charge in [-0.3, -0.25) is 9.59 Å². The number of para-hydroxylation sites is 1. The molecule has 1 saturated heterocycles. The number of H-pyrrole nitrogens is 1. The Hall–Kier alpha value is -2.32. The quantitative estimate of drug-likeness (QED) is 0.294. The van der Waals surface area contributed by atoms with E-state index >= 15 is 0 Å². The van der Waals surface area contributed by atoms with Crippen molar-refractivity contribution in [2.45, 2.75) is 123 Å². The smallest absolute Gasteiger partial charge is 0.404 e. The van der Waals surface area contributed by atoms with Crippen molar-refractivity contribution < 1.29 is 18.9 Å². The van der Waals surface area contributed by atoms with E-state index in [0.717, 1.165) is 48.6 Å². The van der Waals surface area contributed by atoms with Crippen LogP contribution in [-0.4, -0.2) is 47.6 Å². The van der Waals surface area contributed by atoms with Crippen LogP contribution in [0.15, 0.2) is 30.5 Å². The zero-order valence-electron chi connectivity index (χ0n) is 27.9. The highest BCUT2D eigenvalue weighted by Crippen LogP contribution is 2.66. The standard InChI is InChI=1S/C37H52BN3O4/c1-21(2)10-32(38-44-31-16-26-15-30(35(26,3)4)36(31,5)45-38)41-33(42)29(14-25-20-39-28-9-7-6-8-27(25)28)40-34(43)37-17-22-11-23(18-37)13-24(12-22)19-37/h6-9,20-24,26,29-32,39H,10-19H2,1-5H3,(H,40,43)(H,41,42)/t22?,23?,24?,26-,29-,30-,31+,32-,36-,37?/m0/s1. The second-order valence-corrected chi connectivity index (χ2v) is 17.4. The van der Waals surface area contributed by atoms with Crippen LogP contribution in [0.5, 0.6) is 0 Å². The molecule has 2 heterocycles. The molecule has 7 saturated carbocycles. The minimum Gasteiger partial charge on any atom is -0.404 e. The van der Waals surface area contributed by atoms with Crippen LogP contribution in [0.4, 0.5) is 0 Å². The Morgan fingerprint density at radius 2 is 1.67 bits per heavy atom. The SMILES string of the molecule is CC(C)C[C@H](NC(=O)[C@H](Cc1c[nH]c2ccccc12)NC(=O)C12CC3CC(CC(C3)C1)C2)B1O[C@@H]2C[C@@H]3C[C@@H](C3(C)C)[C@]2(C)O1. The van der Waals surface area contributed by atoms with Crippen LogP contribution in [0.3, 0.4) is 0 Å². The molecule has 242 valence electrons. The van der Waals surface area contributed by atoms with Crippen LogP contribution in [0.1, 0.15) is 98.0 Å². The van der Waals surface area contributed by atoms with Crippen LogP contribution in [-0.2, 0) is 25.3 Å². The molecule has 10 rings (SSSR count). The molecule has 2 aromatic rings. The summed E-state index contributed by atoms with van der Waals surface area (Å²) in [5.41, 5.74) is 1.69. The number of fused-ring (bicyclic) bond motifs is 1. The third-order valence-corrected chi connectivity index (χ3v) is 13.6. The zero-order valence-corrected chi connectivity index (χ0v) is 27.9. The maximum absolute atomic E-state index is 14.4. The number of carbonyl (C=O) groups excluding carboxylic acids is 2. The summed E-state index contributed by atoms with van der Waals surface area (Å²) in [6.45, 7) is 11.3. The molecule has 0 spiro atoms. The van der Waals surface area contributed by atoms with Crippen LogP contribution >= 0.6 is 0 Å². The van der Waals surface area contributed by atoms with E-state index in [1.54, 1.807) is 0 Å². The maximum Gasteiger partial charge on any atom is 0.481 e. The van der Waals surface area contributed by atoms with Gasteiger partial charge in [0.05, 0.1) is 17.6 Å². The molecule has 8 fully saturated rings. The molecule has 0 radical (unpaired) electrons. The summed E-state index contributed by atoms with van der Waals surface area (Å²) in [5.74, 6) is 3.13. The van der Waals surface area contributed by atoms with Crippen LogP contribution in [0, 0.1) is 46.3 Å². The summed E-state index contributed by atoms with van der Waals surface area (Å²) in [5, 5.41) is 7.85. The lowest BCUT2D eigenvalue weighted by molar-refractivity contribution is -0.199. The highest BCUT2D eigenvalue weighted by atomic mass is 16.7. The van der Waals surface area contributed by atoms with Gasteiger partial charge < -0.3 is 24.9 Å². The maximum atomic E-state index is 14.4. The predicted molar refractivity (Wildman–Crippen MR) is 176 cm³/mol. The van der Waals surface area contributed by atoms with Crippen molar-refractivity contribution in [3.8, 4) is 0 Å². The van der Waals surface area contributed by atoms with E-state index in [4.69, 9.17) is 9.31 Å². The molecule has 1 aromatic heterocycles. The fourth-order valence-corrected chi connectivity index (χ4v) is 11.5. The number of hydrogen-bond acceptors (Lipinski definition) is 4. The average molecular weight is 614 g/mol. The number of aromatic nitrogens is 1. The van der Waals surface area contributed by atoms with E-state index in [0.29, 0.717) is 41.9 Å². The topological polar surface area (TPSA) is 92.5 Å². The van der Waals surface area contributed by atoms with Gasteiger partial charge in [0, 0.05) is 28.9 Å². The first-order chi connectivity index (χ1) is 21.4. The third kappa shape index (κ3) is 4.91. The number of carbonyl (C=O) groups is 2. The van der Waals surface area contributed by atoms with Gasteiger partial charge in [-0.25, -0.2) is 0 Å². The van der Waals surface area contributed by atoms with Gasteiger partial charge in [-0.2, -0.15) is 0 Å². The van der Waals surface area contributed by atoms with Gasteiger partial charge in [-0.05, 0) is 117 Å². The molecule has 2 amide bonds. The molecule has 1 aromatic carbocycles. The summed E-state index contributed by atoms with van der Waals surface area (Å²) in [7, 11) is -0.492. The van der Waals surface area contributed by atoms with E-state index in [1.807, 2.05) is 18.3 Å². The van der Waals surface area contributed by atoms with E-state index in [9.17, 15) is 9.59 Å². The van der Waals surface area contributed by atoms with Crippen molar-refractivity contribution in [1.29, 1.82) is 0 Å². The van der Waals surface area contributed by atoms with Crippen molar-refractivity contribution >= 4 is 29.8 Å². The van der Waals surface area contributed by atoms with Gasteiger partial charge in [0.25, 0.3) is 0 Å². The number of amides is 2. The van der Waals surface area contributed by atoms with Crippen LogP contribution in [0.2, 0.25) is 0 Å². The first-order valence-electron chi connectivity index (χ1n) is 17.9. The monoisotopic (exact) mass is 613 g/mol. The second kappa shape index (κ2) is 10.6. The summed E-state index contributed by atoms with van der Waals surface area (Å²) in [6, 6.07) is 7.52. The number of aromatic amines is 1. The molecule has 1 aliphatic heterocycles. The van der Waals surface area contributed by atoms with E-state index in [2.05, 4.69) is 62.4 Å². The van der Waals surface area contributed by atoms with Crippen molar-refractivity contribution in [2.75, 3.05) is 0 Å². The predicted octanol–water partition coefficient (Wildman–Crippen LogP) is 6.21. The molecule has 3 N–H and O–H groups in total. The Kier molecular flexibility index (Phi) is 7.08. The number of benzene rings is 1. The van der Waals surface area contributed by atoms with Crippen molar-refractivity contribution in [1.82, 2.24) is 15.6 Å². The molecule has 6 atom stereocenters. The zero-order chi connectivity index (χ0) is 31.3. The van der Waals surface area contributed by atoms with Gasteiger partial charge in [-0.15, -0.1) is 0 Å². The molecular formula is C37H52BN3O4. The van der Waals surface area contributed by atoms with Crippen molar-refractivity contribution in [2.24, 2.45) is 46.3 Å². The number of hydrogen-bond donors (Lipinski definition) is 3. The first-order valence-corrected chi connectivity index (χ1v) is 17.9. The highest BCUT2D eigenvalue weighted by molar-refractivity contribution is 6.48.